The van der Waals surface area contributed by atoms with Crippen LogP contribution in [0.5, 0.6) is 0 Å². The molecule has 108 valence electrons. The van der Waals surface area contributed by atoms with Crippen LogP contribution >= 0.6 is 0 Å². The molecule has 1 saturated heterocycles. The van der Waals surface area contributed by atoms with Crippen molar-refractivity contribution in [2.24, 2.45) is 0 Å². The van der Waals surface area contributed by atoms with Crippen molar-refractivity contribution in [3.63, 3.8) is 0 Å². The van der Waals surface area contributed by atoms with Crippen molar-refractivity contribution < 1.29 is 20.1 Å². The molecule has 0 saturated carbocycles. The van der Waals surface area contributed by atoms with Gasteiger partial charge in [0.2, 0.25) is 0 Å². The van der Waals surface area contributed by atoms with Crippen LogP contribution in [0.4, 0.5) is 5.82 Å². The average Bonchev–Trinajstić information content (AvgIpc) is 3.01. The first-order valence-electron chi connectivity index (χ1n) is 6.15. The van der Waals surface area contributed by atoms with Gasteiger partial charge >= 0.3 is 0 Å². The predicted octanol–water partition coefficient (Wildman–Crippen LogP) is -1.52. The van der Waals surface area contributed by atoms with Crippen molar-refractivity contribution in [1.29, 1.82) is 0 Å². The van der Waals surface area contributed by atoms with Gasteiger partial charge in [-0.05, 0) is 0 Å². The van der Waals surface area contributed by atoms with Crippen LogP contribution in [-0.4, -0.2) is 66.8 Å². The Morgan fingerprint density at radius 2 is 2.10 bits per heavy atom. The maximum Gasteiger partial charge on any atom is 0.167 e. The summed E-state index contributed by atoms with van der Waals surface area (Å²) in [6.07, 6.45) is -1.19. The Kier molecular flexibility index (Phi) is 3.26. The van der Waals surface area contributed by atoms with E-state index < -0.39 is 24.5 Å². The number of nitrogens with one attached hydrogen (secondary N) is 1. The Morgan fingerprint density at radius 3 is 2.75 bits per heavy atom. The average molecular weight is 282 g/mol. The van der Waals surface area contributed by atoms with E-state index in [1.54, 1.807) is 7.05 Å². The van der Waals surface area contributed by atoms with E-state index in [2.05, 4.69) is 20.3 Å². The fraction of sp³-hybridized carbons (Fsp3) is 0.545. The smallest absolute Gasteiger partial charge is 0.167 e. The summed E-state index contributed by atoms with van der Waals surface area (Å²) in [5.41, 5.74) is 1.01. The van der Waals surface area contributed by atoms with Gasteiger partial charge < -0.3 is 25.4 Å². The Bertz CT molecular complexity index is 618. The summed E-state index contributed by atoms with van der Waals surface area (Å²) in [5, 5.41) is 31.8. The molecule has 9 nitrogen and oxygen atoms in total. The maximum atomic E-state index is 10.0. The summed E-state index contributed by atoms with van der Waals surface area (Å²) in [7, 11) is 1.72. The first kappa shape index (κ1) is 13.2. The molecule has 0 radical (unpaired) electrons. The Balaban J connectivity index is 2.03. The minimum absolute atomic E-state index is 0.377. The normalized spacial score (nSPS) is 30.0. The third-order valence-electron chi connectivity index (χ3n) is 3.39. The van der Waals surface area contributed by atoms with E-state index in [0.29, 0.717) is 17.0 Å². The molecule has 1 aliphatic heterocycles. The highest BCUT2D eigenvalue weighted by atomic mass is 16.6. The van der Waals surface area contributed by atoms with Gasteiger partial charge in [0.15, 0.2) is 17.7 Å². The molecular formula is C11H15N5O4. The Morgan fingerprint density at radius 1 is 1.30 bits per heavy atom. The molecule has 0 bridgehead atoms. The number of rotatable bonds is 3. The summed E-state index contributed by atoms with van der Waals surface area (Å²) < 4.78 is 6.97. The van der Waals surface area contributed by atoms with Gasteiger partial charge in [0, 0.05) is 7.05 Å². The van der Waals surface area contributed by atoms with Crippen molar-refractivity contribution >= 4 is 17.0 Å². The van der Waals surface area contributed by atoms with E-state index in [9.17, 15) is 10.2 Å². The second kappa shape index (κ2) is 4.94. The lowest BCUT2D eigenvalue weighted by molar-refractivity contribution is -0.0511. The highest BCUT2D eigenvalue weighted by Gasteiger charge is 2.43. The number of aromatic nitrogens is 4. The lowest BCUT2D eigenvalue weighted by Gasteiger charge is -2.16. The number of hydrogen-bond donors (Lipinski definition) is 4. The van der Waals surface area contributed by atoms with Crippen molar-refractivity contribution in [3.05, 3.63) is 12.7 Å². The van der Waals surface area contributed by atoms with Crippen LogP contribution in [0, 0.1) is 0 Å². The highest BCUT2D eigenvalue weighted by Crippen LogP contribution is 2.31. The van der Waals surface area contributed by atoms with E-state index in [0.717, 1.165) is 0 Å². The number of fused-ring (bicyclic) bond motifs is 1. The molecule has 1 fully saturated rings. The quantitative estimate of drug-likeness (QED) is 0.500. The van der Waals surface area contributed by atoms with Gasteiger partial charge in [-0.3, -0.25) is 4.57 Å². The third-order valence-corrected chi connectivity index (χ3v) is 3.39. The first-order chi connectivity index (χ1) is 9.67. The molecule has 0 amide bonds. The van der Waals surface area contributed by atoms with Gasteiger partial charge in [-0.2, -0.15) is 0 Å². The molecule has 4 N–H and O–H groups in total. The number of imidazole rings is 1. The highest BCUT2D eigenvalue weighted by molar-refractivity contribution is 5.82. The van der Waals surface area contributed by atoms with E-state index in [4.69, 9.17) is 9.84 Å². The third kappa shape index (κ3) is 1.83. The van der Waals surface area contributed by atoms with Gasteiger partial charge in [0.25, 0.3) is 0 Å². The minimum atomic E-state index is -1.17. The van der Waals surface area contributed by atoms with E-state index >= 15 is 0 Å². The second-order valence-electron chi connectivity index (χ2n) is 4.53. The largest absolute Gasteiger partial charge is 0.394 e. The van der Waals surface area contributed by atoms with E-state index in [1.807, 2.05) is 0 Å². The summed E-state index contributed by atoms with van der Waals surface area (Å²) >= 11 is 0. The SMILES string of the molecule is [13CH3]Nc1ncnc2c1ncn2[C@@H]1O[C@H](CO)[C@@H](O)[C@H]1O. The number of hydrogen-bond acceptors (Lipinski definition) is 8. The number of anilines is 1. The summed E-state index contributed by atoms with van der Waals surface area (Å²) in [4.78, 5) is 12.3. The molecule has 2 aromatic heterocycles. The molecule has 0 aromatic carbocycles. The Labute approximate surface area is 113 Å². The van der Waals surface area contributed by atoms with Crippen LogP contribution in [0.25, 0.3) is 11.2 Å². The first-order valence-corrected chi connectivity index (χ1v) is 6.15. The zero-order valence-electron chi connectivity index (χ0n) is 10.7. The van der Waals surface area contributed by atoms with E-state index in [-0.39, 0.29) is 6.61 Å². The van der Waals surface area contributed by atoms with Crippen molar-refractivity contribution in [2.75, 3.05) is 19.0 Å². The molecule has 0 spiro atoms. The van der Waals surface area contributed by atoms with Crippen LogP contribution in [0.3, 0.4) is 0 Å². The van der Waals surface area contributed by atoms with Gasteiger partial charge in [-0.25, -0.2) is 15.0 Å². The zero-order valence-corrected chi connectivity index (χ0v) is 10.7. The minimum Gasteiger partial charge on any atom is -0.394 e. The van der Waals surface area contributed by atoms with Crippen molar-refractivity contribution in [1.82, 2.24) is 19.5 Å². The molecule has 3 heterocycles. The van der Waals surface area contributed by atoms with Gasteiger partial charge in [-0.15, -0.1) is 0 Å². The number of ether oxygens (including phenoxy) is 1. The Hall–Kier alpha value is -1.81. The van der Waals surface area contributed by atoms with Crippen molar-refractivity contribution in [2.45, 2.75) is 24.5 Å². The fourth-order valence-corrected chi connectivity index (χ4v) is 2.33. The standard InChI is InChI=1S/C11H15N5O4/c1-12-9-6-10(14-3-13-9)16(4-15-6)11-8(19)7(18)5(2-17)20-11/h3-5,7-8,11,17-19H,2H2,1H3,(H,12,13,14)/t5-,7-,8-,11-/m1/s1/i1+1. The monoisotopic (exact) mass is 282 g/mol. The molecule has 20 heavy (non-hydrogen) atoms. The summed E-state index contributed by atoms with van der Waals surface area (Å²) in [5.74, 6) is 0.556. The summed E-state index contributed by atoms with van der Waals surface area (Å²) in [6, 6.07) is 0. The maximum absolute atomic E-state index is 10.0. The van der Waals surface area contributed by atoms with Crippen LogP contribution in [0.2, 0.25) is 0 Å². The van der Waals surface area contributed by atoms with Crippen LogP contribution in [0.1, 0.15) is 6.23 Å². The molecule has 2 aromatic rings. The molecule has 1 aliphatic rings. The van der Waals surface area contributed by atoms with Crippen LogP contribution in [0.15, 0.2) is 12.7 Å². The molecule has 3 rings (SSSR count). The molecule has 9 heteroatoms. The number of aliphatic hydroxyl groups is 3. The van der Waals surface area contributed by atoms with Gasteiger partial charge in [-0.1, -0.05) is 0 Å². The number of aliphatic hydroxyl groups excluding tert-OH is 3. The van der Waals surface area contributed by atoms with Crippen LogP contribution < -0.4 is 5.32 Å². The second-order valence-corrected chi connectivity index (χ2v) is 4.53. The molecule has 4 atom stereocenters. The summed E-state index contributed by atoms with van der Waals surface area (Å²) in [6.45, 7) is -0.377. The molecule has 0 unspecified atom stereocenters. The van der Waals surface area contributed by atoms with Gasteiger partial charge in [0.1, 0.15) is 30.2 Å². The zero-order chi connectivity index (χ0) is 14.3. The topological polar surface area (TPSA) is 126 Å². The van der Waals surface area contributed by atoms with Crippen molar-refractivity contribution in [3.8, 4) is 0 Å². The lowest BCUT2D eigenvalue weighted by atomic mass is 10.1. The molecule has 0 aliphatic carbocycles. The van der Waals surface area contributed by atoms with Crippen LogP contribution in [-0.2, 0) is 4.74 Å². The lowest BCUT2D eigenvalue weighted by Crippen LogP contribution is -2.33. The predicted molar refractivity (Wildman–Crippen MR) is 67.9 cm³/mol. The molecular weight excluding hydrogens is 267 g/mol. The fourth-order valence-electron chi connectivity index (χ4n) is 2.33. The van der Waals surface area contributed by atoms with E-state index in [1.165, 1.54) is 17.2 Å². The van der Waals surface area contributed by atoms with Gasteiger partial charge in [0.05, 0.1) is 12.9 Å². The number of nitrogens with zero attached hydrogens (tertiary/aromatic N) is 4.